The fourth-order valence-corrected chi connectivity index (χ4v) is 1.30. The minimum Gasteiger partial charge on any atom is -0.222 e. The lowest BCUT2D eigenvalue weighted by atomic mass is 10.3. The molecule has 0 aliphatic heterocycles. The summed E-state index contributed by atoms with van der Waals surface area (Å²) in [5.74, 6) is 1.32. The average Bonchev–Trinajstić information content (AvgIpc) is 1.80. The van der Waals surface area contributed by atoms with Gasteiger partial charge < -0.3 is 0 Å². The molecule has 0 saturated carbocycles. The fraction of sp³-hybridized carbons (Fsp3) is 1.00. The second-order valence-corrected chi connectivity index (χ2v) is 7.25. The zero-order chi connectivity index (χ0) is 11.3. The van der Waals surface area contributed by atoms with Crippen molar-refractivity contribution in [1.82, 2.24) is 0 Å². The number of halogens is 1. The summed E-state index contributed by atoms with van der Waals surface area (Å²) in [5.41, 5.74) is 0. The van der Waals surface area contributed by atoms with Crippen LogP contribution in [0.3, 0.4) is 0 Å². The summed E-state index contributed by atoms with van der Waals surface area (Å²) in [6.45, 7) is 9.17. The maximum atomic E-state index is 8.49. The van der Waals surface area contributed by atoms with E-state index in [9.17, 15) is 0 Å². The summed E-state index contributed by atoms with van der Waals surface area (Å²) in [5, 5.41) is 0. The van der Waals surface area contributed by atoms with Gasteiger partial charge in [-0.2, -0.15) is 0 Å². The van der Waals surface area contributed by atoms with E-state index in [0.29, 0.717) is 15.6 Å². The molecule has 0 saturated heterocycles. The van der Waals surface area contributed by atoms with Gasteiger partial charge in [-0.15, -0.1) is 10.2 Å². The van der Waals surface area contributed by atoms with E-state index < -0.39 is 10.2 Å². The van der Waals surface area contributed by atoms with Crippen LogP contribution < -0.4 is 18.6 Å². The highest BCUT2D eigenvalue weighted by Crippen LogP contribution is 2.15. The van der Waals surface area contributed by atoms with E-state index in [0.717, 1.165) is 0 Å². The third kappa shape index (κ3) is 19.1. The molecule has 0 radical (unpaired) electrons. The molecule has 1 unspecified atom stereocenters. The van der Waals surface area contributed by atoms with Crippen molar-refractivity contribution in [2.45, 2.75) is 32.4 Å². The summed E-state index contributed by atoms with van der Waals surface area (Å²) < 4.78 is 34.5. The van der Waals surface area contributed by atoms with Crippen LogP contribution >= 0.6 is 0 Å². The molecular formula is C7H17ClO4S. The van der Waals surface area contributed by atoms with Gasteiger partial charge in [-0.3, -0.25) is 0 Å². The largest absolute Gasteiger partial charge is 0.222 e. The first-order valence-corrected chi connectivity index (χ1v) is 6.76. The summed E-state index contributed by atoms with van der Waals surface area (Å²) >= 11 is 0. The van der Waals surface area contributed by atoms with E-state index in [-0.39, 0.29) is 0 Å². The molecule has 0 amide bonds. The predicted octanol–water partition coefficient (Wildman–Crippen LogP) is -2.70. The van der Waals surface area contributed by atoms with Crippen molar-refractivity contribution < 1.29 is 28.9 Å². The zero-order valence-electron chi connectivity index (χ0n) is 8.63. The molecule has 0 spiro atoms. The molecule has 1 atom stereocenters. The Balaban J connectivity index is 0. The molecule has 0 aliphatic rings. The molecule has 0 heterocycles. The summed E-state index contributed by atoms with van der Waals surface area (Å²) in [7, 11) is -4.34. The maximum Gasteiger partial charge on any atom is 0.119 e. The normalized spacial score (nSPS) is 14.5. The van der Waals surface area contributed by atoms with E-state index >= 15 is 0 Å². The molecule has 0 N–H and O–H groups in total. The highest BCUT2D eigenvalue weighted by molar-refractivity contribution is 7.97. The smallest absolute Gasteiger partial charge is 0.119 e. The predicted molar refractivity (Wildman–Crippen MR) is 43.6 cm³/mol. The van der Waals surface area contributed by atoms with Gasteiger partial charge in [0.2, 0.25) is 0 Å². The van der Waals surface area contributed by atoms with Crippen LogP contribution in [0.15, 0.2) is 0 Å². The fourth-order valence-electron chi connectivity index (χ4n) is 0.433. The Bertz CT molecular complexity index is 123. The lowest BCUT2D eigenvalue weighted by Crippen LogP contribution is -2.68. The first kappa shape index (κ1) is 15.9. The molecule has 0 rings (SSSR count). The van der Waals surface area contributed by atoms with Gasteiger partial charge in [-0.05, 0) is 38.6 Å². The van der Waals surface area contributed by atoms with E-state index in [2.05, 4.69) is 34.0 Å². The molecule has 13 heavy (non-hydrogen) atoms. The standard InChI is InChI=1S/C7H17S.ClHO4/c1-6-8(5)7(2,3)4;2-1(3,4)5/h6H2,1-5H3;(H,2,3,4,5)/q+1;/p-1. The Hall–Kier alpha value is 0.480. The molecule has 0 aromatic rings. The Morgan fingerprint density at radius 3 is 1.31 bits per heavy atom. The Morgan fingerprint density at radius 2 is 1.31 bits per heavy atom. The second kappa shape index (κ2) is 6.06. The highest BCUT2D eigenvalue weighted by Gasteiger charge is 2.26. The molecule has 4 nitrogen and oxygen atoms in total. The average molecular weight is 233 g/mol. The van der Waals surface area contributed by atoms with Crippen LogP contribution in [0.1, 0.15) is 27.7 Å². The van der Waals surface area contributed by atoms with Gasteiger partial charge in [0.15, 0.2) is 0 Å². The van der Waals surface area contributed by atoms with Gasteiger partial charge in [-0.25, -0.2) is 18.6 Å². The third-order valence-corrected chi connectivity index (χ3v) is 4.44. The van der Waals surface area contributed by atoms with Crippen LogP contribution in [0, 0.1) is 10.2 Å². The highest BCUT2D eigenvalue weighted by atomic mass is 35.7. The monoisotopic (exact) mass is 232 g/mol. The van der Waals surface area contributed by atoms with Gasteiger partial charge in [-0.1, -0.05) is 0 Å². The van der Waals surface area contributed by atoms with Crippen LogP contribution in [0.5, 0.6) is 0 Å². The molecule has 0 aromatic heterocycles. The number of rotatable bonds is 1. The quantitative estimate of drug-likeness (QED) is 0.460. The van der Waals surface area contributed by atoms with Gasteiger partial charge >= 0.3 is 0 Å². The third-order valence-electron chi connectivity index (χ3n) is 1.48. The van der Waals surface area contributed by atoms with E-state index in [1.165, 1.54) is 5.75 Å². The van der Waals surface area contributed by atoms with Crippen molar-refractivity contribution in [2.75, 3.05) is 12.0 Å². The Morgan fingerprint density at radius 1 is 1.08 bits per heavy atom. The van der Waals surface area contributed by atoms with Crippen molar-refractivity contribution in [3.8, 4) is 0 Å². The van der Waals surface area contributed by atoms with Gasteiger partial charge in [0.05, 0.1) is 6.26 Å². The SMILES string of the molecule is CC[S+](C)C(C)(C)C.[O-][Cl+3]([O-])([O-])[O-]. The minimum atomic E-state index is -4.94. The lowest BCUT2D eigenvalue weighted by Gasteiger charge is -2.17. The second-order valence-electron chi connectivity index (χ2n) is 3.42. The van der Waals surface area contributed by atoms with Crippen LogP contribution in [0.25, 0.3) is 0 Å². The van der Waals surface area contributed by atoms with Crippen molar-refractivity contribution in [1.29, 1.82) is 0 Å². The maximum absolute atomic E-state index is 8.49. The van der Waals surface area contributed by atoms with Crippen molar-refractivity contribution >= 4 is 10.9 Å². The topological polar surface area (TPSA) is 92.2 Å². The summed E-state index contributed by atoms with van der Waals surface area (Å²) in [4.78, 5) is 0. The van der Waals surface area contributed by atoms with Gasteiger partial charge in [0.1, 0.15) is 10.5 Å². The van der Waals surface area contributed by atoms with Crippen molar-refractivity contribution in [3.63, 3.8) is 0 Å². The molecular weight excluding hydrogens is 216 g/mol. The first-order valence-electron chi connectivity index (χ1n) is 3.73. The molecule has 0 aliphatic carbocycles. The van der Waals surface area contributed by atoms with Gasteiger partial charge in [0, 0.05) is 0 Å². The van der Waals surface area contributed by atoms with Crippen molar-refractivity contribution in [3.05, 3.63) is 0 Å². The van der Waals surface area contributed by atoms with E-state index in [1.54, 1.807) is 0 Å². The molecule has 6 heteroatoms. The van der Waals surface area contributed by atoms with Crippen LogP contribution in [-0.4, -0.2) is 16.8 Å². The van der Waals surface area contributed by atoms with Crippen LogP contribution in [-0.2, 0) is 10.9 Å². The molecule has 82 valence electrons. The summed E-state index contributed by atoms with van der Waals surface area (Å²) in [6.07, 6.45) is 2.33. The minimum absolute atomic E-state index is 0.536. The molecule has 0 aromatic carbocycles. The Labute approximate surface area is 84.7 Å². The first-order chi connectivity index (χ1) is 5.48. The summed E-state index contributed by atoms with van der Waals surface area (Å²) in [6, 6.07) is 0. The molecule has 0 fully saturated rings. The molecule has 0 bridgehead atoms. The van der Waals surface area contributed by atoms with Crippen LogP contribution in [0.2, 0.25) is 0 Å². The van der Waals surface area contributed by atoms with Gasteiger partial charge in [0.25, 0.3) is 0 Å². The number of hydrogen-bond acceptors (Lipinski definition) is 4. The number of hydrogen-bond donors (Lipinski definition) is 0. The van der Waals surface area contributed by atoms with E-state index in [1.807, 2.05) is 0 Å². The Kier molecular flexibility index (Phi) is 7.42. The lowest BCUT2D eigenvalue weighted by molar-refractivity contribution is -2.00. The van der Waals surface area contributed by atoms with Crippen molar-refractivity contribution in [2.24, 2.45) is 0 Å². The zero-order valence-corrected chi connectivity index (χ0v) is 10.2. The van der Waals surface area contributed by atoms with E-state index in [4.69, 9.17) is 18.6 Å². The van der Waals surface area contributed by atoms with Crippen LogP contribution in [0.4, 0.5) is 0 Å².